The average molecular weight is 394 g/mol. The fourth-order valence-electron chi connectivity index (χ4n) is 3.86. The third-order valence-corrected chi connectivity index (χ3v) is 5.53. The van der Waals surface area contributed by atoms with Crippen LogP contribution in [0.1, 0.15) is 33.2 Å². The van der Waals surface area contributed by atoms with E-state index in [4.69, 9.17) is 4.98 Å². The second-order valence-corrected chi connectivity index (χ2v) is 8.06. The molecule has 1 fully saturated rings. The first kappa shape index (κ1) is 19.6. The van der Waals surface area contributed by atoms with Crippen molar-refractivity contribution in [2.75, 3.05) is 50.0 Å². The number of likely N-dealkylation sites (N-methyl/N-ethyl adjacent to an activating group) is 1. The highest BCUT2D eigenvalue weighted by molar-refractivity contribution is 5.86. The highest BCUT2D eigenvalue weighted by Crippen LogP contribution is 2.31. The lowest BCUT2D eigenvalue weighted by atomic mass is 10.1. The van der Waals surface area contributed by atoms with Crippen molar-refractivity contribution < 1.29 is 0 Å². The molecule has 1 saturated heterocycles. The minimum Gasteiger partial charge on any atom is -0.369 e. The number of nitrogens with one attached hydrogen (secondary N) is 1. The highest BCUT2D eigenvalue weighted by Gasteiger charge is 2.20. The Kier molecular flexibility index (Phi) is 5.67. The van der Waals surface area contributed by atoms with Crippen LogP contribution < -0.4 is 10.2 Å². The lowest BCUT2D eigenvalue weighted by molar-refractivity contribution is 0.313. The summed E-state index contributed by atoms with van der Waals surface area (Å²) >= 11 is 0. The van der Waals surface area contributed by atoms with Crippen molar-refractivity contribution in [2.24, 2.45) is 0 Å². The number of fused-ring (bicyclic) bond motifs is 1. The number of benzene rings is 1. The molecule has 29 heavy (non-hydrogen) atoms. The van der Waals surface area contributed by atoms with Crippen molar-refractivity contribution in [2.45, 2.75) is 33.2 Å². The average Bonchev–Trinajstić information content (AvgIpc) is 3.13. The van der Waals surface area contributed by atoms with E-state index in [0.717, 1.165) is 67.5 Å². The van der Waals surface area contributed by atoms with Gasteiger partial charge in [-0.1, -0.05) is 6.92 Å². The molecule has 0 saturated carbocycles. The first-order chi connectivity index (χ1) is 14.1. The first-order valence-corrected chi connectivity index (χ1v) is 10.6. The van der Waals surface area contributed by atoms with Crippen LogP contribution in [0.5, 0.6) is 0 Å². The third kappa shape index (κ3) is 3.92. The van der Waals surface area contributed by atoms with Crippen molar-refractivity contribution >= 4 is 22.7 Å². The fraction of sp³-hybridized carbons (Fsp3) is 0.500. The van der Waals surface area contributed by atoms with E-state index < -0.39 is 0 Å². The molecule has 0 spiro atoms. The molecule has 1 N–H and O–H groups in total. The Morgan fingerprint density at radius 1 is 1.03 bits per heavy atom. The Morgan fingerprint density at radius 3 is 2.41 bits per heavy atom. The van der Waals surface area contributed by atoms with Crippen LogP contribution in [0, 0.1) is 0 Å². The molecule has 2 aromatic heterocycles. The van der Waals surface area contributed by atoms with Gasteiger partial charge < -0.3 is 19.7 Å². The number of hydrogen-bond acceptors (Lipinski definition) is 6. The molecule has 154 valence electrons. The van der Waals surface area contributed by atoms with Gasteiger partial charge in [-0.05, 0) is 51.6 Å². The SMILES string of the molecule is CCCNc1ncnc2c1nc(-c1ccc(N3CCN(C)CC3)cc1)n2C(C)C. The zero-order chi connectivity index (χ0) is 20.4. The standard InChI is InChI=1S/C22H31N7/c1-5-10-23-20-19-22(25-15-24-20)29(16(2)3)21(26-19)17-6-8-18(9-7-17)28-13-11-27(4)12-14-28/h6-9,15-16H,5,10-14H2,1-4H3,(H,23,24,25). The number of piperazine rings is 1. The molecule has 1 aliphatic heterocycles. The summed E-state index contributed by atoms with van der Waals surface area (Å²) < 4.78 is 2.21. The summed E-state index contributed by atoms with van der Waals surface area (Å²) in [5.74, 6) is 1.76. The van der Waals surface area contributed by atoms with Gasteiger partial charge in [-0.2, -0.15) is 0 Å². The third-order valence-electron chi connectivity index (χ3n) is 5.53. The van der Waals surface area contributed by atoms with Gasteiger partial charge in [-0.15, -0.1) is 0 Å². The van der Waals surface area contributed by atoms with Gasteiger partial charge in [0.05, 0.1) is 0 Å². The van der Waals surface area contributed by atoms with E-state index in [1.54, 1.807) is 6.33 Å². The summed E-state index contributed by atoms with van der Waals surface area (Å²) in [4.78, 5) is 18.8. The number of imidazole rings is 1. The number of aromatic nitrogens is 4. The van der Waals surface area contributed by atoms with Crippen LogP contribution in [0.4, 0.5) is 11.5 Å². The minimum absolute atomic E-state index is 0.251. The van der Waals surface area contributed by atoms with Crippen LogP contribution in [0.15, 0.2) is 30.6 Å². The molecule has 7 nitrogen and oxygen atoms in total. The first-order valence-electron chi connectivity index (χ1n) is 10.6. The molecular formula is C22H31N7. The zero-order valence-corrected chi connectivity index (χ0v) is 17.9. The van der Waals surface area contributed by atoms with Crippen LogP contribution in [-0.2, 0) is 0 Å². The molecule has 1 aliphatic rings. The van der Waals surface area contributed by atoms with Crippen molar-refractivity contribution in [1.82, 2.24) is 24.4 Å². The Morgan fingerprint density at radius 2 is 1.76 bits per heavy atom. The Balaban J connectivity index is 1.70. The van der Waals surface area contributed by atoms with E-state index in [1.807, 2.05) is 0 Å². The largest absolute Gasteiger partial charge is 0.369 e. The zero-order valence-electron chi connectivity index (χ0n) is 17.9. The van der Waals surface area contributed by atoms with Crippen LogP contribution in [-0.4, -0.2) is 64.2 Å². The molecule has 1 aromatic carbocycles. The maximum Gasteiger partial charge on any atom is 0.166 e. The van der Waals surface area contributed by atoms with Gasteiger partial charge >= 0.3 is 0 Å². The van der Waals surface area contributed by atoms with Crippen molar-refractivity contribution in [3.8, 4) is 11.4 Å². The summed E-state index contributed by atoms with van der Waals surface area (Å²) in [6.07, 6.45) is 2.66. The van der Waals surface area contributed by atoms with E-state index in [0.29, 0.717) is 0 Å². The van der Waals surface area contributed by atoms with Crippen molar-refractivity contribution in [3.63, 3.8) is 0 Å². The van der Waals surface area contributed by atoms with E-state index >= 15 is 0 Å². The van der Waals surface area contributed by atoms with Crippen LogP contribution in [0.25, 0.3) is 22.6 Å². The monoisotopic (exact) mass is 393 g/mol. The van der Waals surface area contributed by atoms with Crippen molar-refractivity contribution in [3.05, 3.63) is 30.6 Å². The maximum atomic E-state index is 4.96. The second-order valence-electron chi connectivity index (χ2n) is 8.06. The Bertz CT molecular complexity index is 953. The summed E-state index contributed by atoms with van der Waals surface area (Å²) in [5.41, 5.74) is 4.11. The number of rotatable bonds is 6. The summed E-state index contributed by atoms with van der Waals surface area (Å²) in [5, 5.41) is 3.39. The molecule has 0 radical (unpaired) electrons. The molecule has 7 heteroatoms. The van der Waals surface area contributed by atoms with Crippen LogP contribution in [0.2, 0.25) is 0 Å². The quantitative estimate of drug-likeness (QED) is 0.690. The fourth-order valence-corrected chi connectivity index (χ4v) is 3.86. The lowest BCUT2D eigenvalue weighted by Crippen LogP contribution is -2.44. The predicted octanol–water partition coefficient (Wildman–Crippen LogP) is 3.65. The van der Waals surface area contributed by atoms with E-state index in [-0.39, 0.29) is 6.04 Å². The molecule has 4 rings (SSSR count). The second kappa shape index (κ2) is 8.37. The smallest absolute Gasteiger partial charge is 0.166 e. The number of hydrogen-bond donors (Lipinski definition) is 1. The Labute approximate surface area is 172 Å². The molecule has 0 amide bonds. The molecule has 3 heterocycles. The minimum atomic E-state index is 0.251. The molecule has 0 atom stereocenters. The predicted molar refractivity (Wildman–Crippen MR) is 120 cm³/mol. The van der Waals surface area contributed by atoms with Gasteiger partial charge in [0.2, 0.25) is 0 Å². The Hall–Kier alpha value is -2.67. The highest BCUT2D eigenvalue weighted by atomic mass is 15.2. The van der Waals surface area contributed by atoms with E-state index in [9.17, 15) is 0 Å². The maximum absolute atomic E-state index is 4.96. The van der Waals surface area contributed by atoms with E-state index in [2.05, 4.69) is 81.7 Å². The van der Waals surface area contributed by atoms with Crippen molar-refractivity contribution in [1.29, 1.82) is 0 Å². The molecule has 0 unspecified atom stereocenters. The number of anilines is 2. The van der Waals surface area contributed by atoms with Crippen LogP contribution >= 0.6 is 0 Å². The molecule has 0 aliphatic carbocycles. The van der Waals surface area contributed by atoms with E-state index in [1.165, 1.54) is 5.69 Å². The van der Waals surface area contributed by atoms with Crippen LogP contribution in [0.3, 0.4) is 0 Å². The van der Waals surface area contributed by atoms with Gasteiger partial charge in [-0.3, -0.25) is 0 Å². The van der Waals surface area contributed by atoms with Gasteiger partial charge in [0.1, 0.15) is 12.2 Å². The summed E-state index contributed by atoms with van der Waals surface area (Å²) in [7, 11) is 2.18. The molecule has 0 bridgehead atoms. The normalized spacial score (nSPS) is 15.4. The topological polar surface area (TPSA) is 62.1 Å². The number of nitrogens with zero attached hydrogens (tertiary/aromatic N) is 6. The molecular weight excluding hydrogens is 362 g/mol. The lowest BCUT2D eigenvalue weighted by Gasteiger charge is -2.34. The van der Waals surface area contributed by atoms with Gasteiger partial charge in [-0.25, -0.2) is 15.0 Å². The van der Waals surface area contributed by atoms with Gasteiger partial charge in [0, 0.05) is 50.0 Å². The van der Waals surface area contributed by atoms with Gasteiger partial charge in [0.15, 0.2) is 17.0 Å². The summed E-state index contributed by atoms with van der Waals surface area (Å²) in [6.45, 7) is 11.7. The summed E-state index contributed by atoms with van der Waals surface area (Å²) in [6, 6.07) is 9.04. The van der Waals surface area contributed by atoms with Gasteiger partial charge in [0.25, 0.3) is 0 Å². The molecule has 3 aromatic rings.